The molecule has 8 rings (SSSR count). The number of aryl methyl sites for hydroxylation is 1. The van der Waals surface area contributed by atoms with E-state index in [2.05, 4.69) is 301 Å². The van der Waals surface area contributed by atoms with Gasteiger partial charge in [0, 0.05) is 14.3 Å². The zero-order valence-corrected chi connectivity index (χ0v) is 62.5. The monoisotopic (exact) mass is 1330 g/mol. The lowest BCUT2D eigenvalue weighted by Crippen LogP contribution is -2.20. The molecule has 0 aliphatic heterocycles. The summed E-state index contributed by atoms with van der Waals surface area (Å²) in [6.07, 6.45) is -4.26. The number of benzene rings is 8. The number of alkyl halides is 3. The second-order valence-corrected chi connectivity index (χ2v) is 34.9. The van der Waals surface area contributed by atoms with Crippen molar-refractivity contribution in [3.63, 3.8) is 0 Å². The van der Waals surface area contributed by atoms with E-state index >= 15 is 0 Å². The van der Waals surface area contributed by atoms with Crippen molar-refractivity contribution in [1.29, 1.82) is 0 Å². The molecule has 0 fully saturated rings. The first-order valence-electron chi connectivity index (χ1n) is 31.2. The fourth-order valence-electron chi connectivity index (χ4n) is 9.34. The first kappa shape index (κ1) is 77.2. The van der Waals surface area contributed by atoms with E-state index in [1.165, 1.54) is 67.4 Å². The summed E-state index contributed by atoms with van der Waals surface area (Å²) < 4.78 is 53.4. The molecule has 480 valence electrons. The molecule has 0 saturated carbocycles. The van der Waals surface area contributed by atoms with E-state index in [-0.39, 0.29) is 54.6 Å². The summed E-state index contributed by atoms with van der Waals surface area (Å²) in [5.41, 5.74) is 13.3. The van der Waals surface area contributed by atoms with Crippen molar-refractivity contribution < 1.29 is 17.6 Å². The smallest absolute Gasteiger partial charge is 0.206 e. The lowest BCUT2D eigenvalue weighted by molar-refractivity contribution is -0.137. The normalized spacial score (nSPS) is 12.7. The van der Waals surface area contributed by atoms with Gasteiger partial charge >= 0.3 is 6.18 Å². The molecule has 0 unspecified atom stereocenters. The third-order valence-electron chi connectivity index (χ3n) is 15.4. The van der Waals surface area contributed by atoms with Gasteiger partial charge in [0.1, 0.15) is 5.82 Å². The Labute approximate surface area is 549 Å². The molecule has 0 saturated heterocycles. The van der Waals surface area contributed by atoms with Crippen molar-refractivity contribution in [2.45, 2.75) is 249 Å². The molecular formula is C82H110Br2F4. The minimum absolute atomic E-state index is 0.0489. The van der Waals surface area contributed by atoms with Crippen molar-refractivity contribution >= 4 is 53.4 Å². The topological polar surface area (TPSA) is 0 Å². The lowest BCUT2D eigenvalue weighted by Gasteiger charge is -2.29. The van der Waals surface area contributed by atoms with E-state index in [1.54, 1.807) is 19.1 Å². The maximum atomic E-state index is 13.6. The minimum atomic E-state index is -4.26. The SMILES string of the molecule is CC(C)(C)c1cc(Br)cc(Br)c1.CC(C)(C)c1cc(C(C)(C)C)cc(C(C)(C)C)c1.CC(C)(C)c1ccc(C(C)(C)C)cc1.CC(C)(C)c1ccc(F)c2ccccc12.CC(C)(C)c1ccc2ccccc2c1.Cc1cc(C(C)(C)C)cc(C(F)(F)F)c1. The zero-order chi connectivity index (χ0) is 67.8. The van der Waals surface area contributed by atoms with E-state index in [0.29, 0.717) is 10.9 Å². The number of hydrogen-bond donors (Lipinski definition) is 0. The summed E-state index contributed by atoms with van der Waals surface area (Å²) in [4.78, 5) is 0. The highest BCUT2D eigenvalue weighted by Crippen LogP contribution is 2.37. The van der Waals surface area contributed by atoms with Crippen molar-refractivity contribution in [2.75, 3.05) is 0 Å². The predicted molar refractivity (Wildman–Crippen MR) is 387 cm³/mol. The molecule has 0 spiro atoms. The minimum Gasteiger partial charge on any atom is -0.206 e. The maximum absolute atomic E-state index is 13.6. The molecular weight excluding hydrogens is 1220 g/mol. The number of rotatable bonds is 0. The van der Waals surface area contributed by atoms with Gasteiger partial charge in [0.15, 0.2) is 0 Å². The van der Waals surface area contributed by atoms with Gasteiger partial charge in [-0.2, -0.15) is 13.2 Å². The van der Waals surface area contributed by atoms with Gasteiger partial charge in [0.2, 0.25) is 0 Å². The predicted octanol–water partition coefficient (Wildman–Crippen LogP) is 27.1. The molecule has 0 aromatic heterocycles. The fraction of sp³-hybridized carbons (Fsp3) is 0.463. The van der Waals surface area contributed by atoms with Crippen molar-refractivity contribution in [2.24, 2.45) is 0 Å². The van der Waals surface area contributed by atoms with Gasteiger partial charge in [-0.3, -0.25) is 0 Å². The quantitative estimate of drug-likeness (QED) is 0.133. The Kier molecular flexibility index (Phi) is 25.9. The average molecular weight is 1330 g/mol. The molecule has 0 amide bonds. The molecule has 0 radical (unpaired) electrons. The summed E-state index contributed by atoms with van der Waals surface area (Å²) in [6.45, 7) is 61.3. The van der Waals surface area contributed by atoms with Crippen LogP contribution in [0.25, 0.3) is 21.5 Å². The van der Waals surface area contributed by atoms with Gasteiger partial charge in [-0.1, -0.05) is 346 Å². The second kappa shape index (κ2) is 29.5. The summed E-state index contributed by atoms with van der Waals surface area (Å²) in [5, 5.41) is 4.38. The van der Waals surface area contributed by atoms with Crippen LogP contribution in [-0.4, -0.2) is 0 Å². The Bertz CT molecular complexity index is 3350. The molecule has 8 aromatic rings. The molecule has 0 atom stereocenters. The van der Waals surface area contributed by atoms with E-state index in [9.17, 15) is 17.6 Å². The zero-order valence-electron chi connectivity index (χ0n) is 59.3. The Morgan fingerprint density at radius 3 is 0.932 bits per heavy atom. The van der Waals surface area contributed by atoms with E-state index in [0.717, 1.165) is 19.9 Å². The van der Waals surface area contributed by atoms with Crippen LogP contribution in [0, 0.1) is 12.7 Å². The summed E-state index contributed by atoms with van der Waals surface area (Å²) in [5.74, 6) is -0.140. The highest BCUT2D eigenvalue weighted by atomic mass is 79.9. The molecule has 88 heavy (non-hydrogen) atoms. The first-order chi connectivity index (χ1) is 39.6. The largest absolute Gasteiger partial charge is 0.416 e. The van der Waals surface area contributed by atoms with Crippen LogP contribution in [0.3, 0.4) is 0 Å². The molecule has 0 aliphatic carbocycles. The van der Waals surface area contributed by atoms with E-state index in [1.807, 2.05) is 51.1 Å². The summed E-state index contributed by atoms with van der Waals surface area (Å²) >= 11 is 6.95. The molecule has 6 heteroatoms. The molecule has 0 bridgehead atoms. The van der Waals surface area contributed by atoms with Gasteiger partial charge in [-0.05, 0) is 158 Å². The number of fused-ring (bicyclic) bond motifs is 2. The summed E-state index contributed by atoms with van der Waals surface area (Å²) in [6, 6.07) is 53.0. The third-order valence-corrected chi connectivity index (χ3v) is 16.4. The van der Waals surface area contributed by atoms with Crippen LogP contribution in [0.1, 0.15) is 248 Å². The lowest BCUT2D eigenvalue weighted by atomic mass is 9.76. The highest BCUT2D eigenvalue weighted by molar-refractivity contribution is 9.11. The van der Waals surface area contributed by atoms with Crippen LogP contribution >= 0.6 is 31.9 Å². The van der Waals surface area contributed by atoms with E-state index < -0.39 is 11.7 Å². The average Bonchev–Trinajstić information content (AvgIpc) is 2.82. The molecule has 0 aliphatic rings. The molecule has 0 heterocycles. The van der Waals surface area contributed by atoms with Crippen molar-refractivity contribution in [3.8, 4) is 0 Å². The second-order valence-electron chi connectivity index (χ2n) is 33.1. The van der Waals surface area contributed by atoms with Crippen LogP contribution in [0.15, 0.2) is 167 Å². The van der Waals surface area contributed by atoms with Crippen molar-refractivity contribution in [3.05, 3.63) is 234 Å². The Morgan fingerprint density at radius 1 is 0.261 bits per heavy atom. The Hall–Kier alpha value is -5.04. The van der Waals surface area contributed by atoms with Gasteiger partial charge in [0.25, 0.3) is 0 Å². The van der Waals surface area contributed by atoms with Gasteiger partial charge in [-0.15, -0.1) is 0 Å². The van der Waals surface area contributed by atoms with Gasteiger partial charge < -0.3 is 0 Å². The summed E-state index contributed by atoms with van der Waals surface area (Å²) in [7, 11) is 0. The van der Waals surface area contributed by atoms with Crippen molar-refractivity contribution in [1.82, 2.24) is 0 Å². The van der Waals surface area contributed by atoms with Crippen LogP contribution in [-0.2, 0) is 54.9 Å². The van der Waals surface area contributed by atoms with Crippen LogP contribution in [0.2, 0.25) is 0 Å². The van der Waals surface area contributed by atoms with Crippen LogP contribution in [0.5, 0.6) is 0 Å². The van der Waals surface area contributed by atoms with Gasteiger partial charge in [0.05, 0.1) is 5.56 Å². The maximum Gasteiger partial charge on any atom is 0.416 e. The highest BCUT2D eigenvalue weighted by Gasteiger charge is 2.32. The standard InChI is InChI=1S/C18H30.C14H15F.C14H16.C14H22.C12H15F3.C10H12Br2/c1-16(2,3)13-10-14(17(4,5)6)12-15(11-13)18(7,8)9;1-14(2,3)12-8-9-13(15)11-7-5-4-6-10(11)12;1-14(2,3)13-9-8-11-6-4-5-7-12(11)10-13;1-13(2,3)11-7-9-12(10-8-11)14(4,5)6;1-8-5-9(11(2,3)4)7-10(6-8)12(13,14)15;1-10(2,3)7-4-8(11)6-9(12)5-7/h10-12H,1-9H3;4-9H,1-3H3;4-10H,1-3H3;7-10H,1-6H3;5-7H,1-4H3;4-6H,1-3H3. The van der Waals surface area contributed by atoms with Gasteiger partial charge in [-0.25, -0.2) is 4.39 Å². The first-order valence-corrected chi connectivity index (χ1v) is 32.8. The van der Waals surface area contributed by atoms with Crippen LogP contribution < -0.4 is 0 Å². The Balaban J connectivity index is 0.000000277. The Morgan fingerprint density at radius 2 is 0.568 bits per heavy atom. The third kappa shape index (κ3) is 24.6. The number of hydrogen-bond acceptors (Lipinski definition) is 0. The van der Waals surface area contributed by atoms with Crippen LogP contribution in [0.4, 0.5) is 17.6 Å². The molecule has 0 nitrogen and oxygen atoms in total. The molecule has 8 aromatic carbocycles. The fourth-order valence-corrected chi connectivity index (χ4v) is 10.6. The number of halogens is 6. The van der Waals surface area contributed by atoms with E-state index in [4.69, 9.17) is 0 Å². The molecule has 0 N–H and O–H groups in total.